The molecular weight excluding hydrogens is 340 g/mol. The second-order valence-corrected chi connectivity index (χ2v) is 5.79. The average molecular weight is 354 g/mol. The molecule has 0 N–H and O–H groups in total. The van der Waals surface area contributed by atoms with Crippen molar-refractivity contribution >= 4 is 33.3 Å². The molecule has 0 radical (unpaired) electrons. The van der Waals surface area contributed by atoms with E-state index in [1.165, 1.54) is 0 Å². The van der Waals surface area contributed by atoms with Gasteiger partial charge in [-0.25, -0.2) is 0 Å². The predicted octanol–water partition coefficient (Wildman–Crippen LogP) is 4.84. The van der Waals surface area contributed by atoms with Crippen LogP contribution in [0.3, 0.4) is 0 Å². The van der Waals surface area contributed by atoms with Crippen LogP contribution in [-0.2, 0) is 6.42 Å². The average Bonchev–Trinajstić information content (AvgIpc) is 2.42. The van der Waals surface area contributed by atoms with E-state index in [4.69, 9.17) is 16.3 Å². The Hall–Kier alpha value is -1.32. The third-order valence-electron chi connectivity index (χ3n) is 3.07. The van der Waals surface area contributed by atoms with Crippen molar-refractivity contribution in [2.24, 2.45) is 0 Å². The molecule has 0 saturated heterocycles. The van der Waals surface area contributed by atoms with Crippen molar-refractivity contribution in [3.8, 4) is 5.75 Å². The van der Waals surface area contributed by atoms with Crippen molar-refractivity contribution in [1.29, 1.82) is 0 Å². The minimum absolute atomic E-state index is 0.0453. The maximum atomic E-state index is 12.2. The summed E-state index contributed by atoms with van der Waals surface area (Å²) in [6, 6.07) is 11.0. The lowest BCUT2D eigenvalue weighted by molar-refractivity contribution is 0.0993. The Morgan fingerprint density at radius 2 is 2.00 bits per heavy atom. The molecule has 0 aliphatic heterocycles. The molecule has 0 bridgehead atoms. The number of ketones is 1. The second kappa shape index (κ2) is 6.42. The van der Waals surface area contributed by atoms with E-state index in [1.54, 1.807) is 13.2 Å². The van der Waals surface area contributed by atoms with Crippen LogP contribution in [0, 0.1) is 6.92 Å². The molecule has 104 valence electrons. The lowest BCUT2D eigenvalue weighted by Crippen LogP contribution is -2.04. The maximum Gasteiger partial charge on any atom is 0.167 e. The number of halogens is 2. The zero-order valence-electron chi connectivity index (χ0n) is 11.2. The number of carbonyl (C=O) groups is 1. The first-order valence-corrected chi connectivity index (χ1v) is 7.30. The van der Waals surface area contributed by atoms with Crippen LogP contribution in [-0.4, -0.2) is 12.9 Å². The van der Waals surface area contributed by atoms with Crippen molar-refractivity contribution in [3.05, 3.63) is 62.6 Å². The number of hydrogen-bond donors (Lipinski definition) is 0. The Morgan fingerprint density at radius 1 is 1.25 bits per heavy atom. The summed E-state index contributed by atoms with van der Waals surface area (Å²) >= 11 is 9.47. The SMILES string of the molecule is COc1ccc(CC(=O)c2ccc(C)c(Cl)c2)cc1Br. The summed E-state index contributed by atoms with van der Waals surface area (Å²) in [7, 11) is 1.61. The highest BCUT2D eigenvalue weighted by atomic mass is 79.9. The number of carbonyl (C=O) groups excluding carboxylic acids is 1. The molecule has 0 heterocycles. The Morgan fingerprint density at radius 3 is 2.60 bits per heavy atom. The minimum Gasteiger partial charge on any atom is -0.496 e. The van der Waals surface area contributed by atoms with Crippen LogP contribution in [0.4, 0.5) is 0 Å². The molecule has 0 fully saturated rings. The second-order valence-electron chi connectivity index (χ2n) is 4.53. The summed E-state index contributed by atoms with van der Waals surface area (Å²) in [6.07, 6.45) is 0.335. The van der Waals surface area contributed by atoms with Gasteiger partial charge >= 0.3 is 0 Å². The topological polar surface area (TPSA) is 26.3 Å². The van der Waals surface area contributed by atoms with Crippen molar-refractivity contribution < 1.29 is 9.53 Å². The van der Waals surface area contributed by atoms with Gasteiger partial charge < -0.3 is 4.74 Å². The highest BCUT2D eigenvalue weighted by Crippen LogP contribution is 2.26. The molecule has 0 aromatic heterocycles. The summed E-state index contributed by atoms with van der Waals surface area (Å²) in [5.41, 5.74) is 2.53. The predicted molar refractivity (Wildman–Crippen MR) is 84.9 cm³/mol. The van der Waals surface area contributed by atoms with Gasteiger partial charge in [0.05, 0.1) is 11.6 Å². The van der Waals surface area contributed by atoms with E-state index in [1.807, 2.05) is 37.3 Å². The molecule has 0 saturated carbocycles. The van der Waals surface area contributed by atoms with Crippen molar-refractivity contribution in [2.45, 2.75) is 13.3 Å². The van der Waals surface area contributed by atoms with Crippen LogP contribution < -0.4 is 4.74 Å². The van der Waals surface area contributed by atoms with Crippen molar-refractivity contribution in [1.82, 2.24) is 0 Å². The summed E-state index contributed by atoms with van der Waals surface area (Å²) in [5.74, 6) is 0.795. The number of Topliss-reactive ketones (excluding diaryl/α,β-unsaturated/α-hetero) is 1. The van der Waals surface area contributed by atoms with Gasteiger partial charge in [0.1, 0.15) is 5.75 Å². The number of benzene rings is 2. The standard InChI is InChI=1S/C16H14BrClO2/c1-10-3-5-12(9-14(10)18)15(19)8-11-4-6-16(20-2)13(17)7-11/h3-7,9H,8H2,1-2H3. The first kappa shape index (κ1) is 15.1. The number of aryl methyl sites for hydroxylation is 1. The van der Waals surface area contributed by atoms with Crippen molar-refractivity contribution in [3.63, 3.8) is 0 Å². The molecule has 2 rings (SSSR count). The fraction of sp³-hybridized carbons (Fsp3) is 0.188. The number of ether oxygens (including phenoxy) is 1. The van der Waals surface area contributed by atoms with Crippen LogP contribution in [0.5, 0.6) is 5.75 Å². The van der Waals surface area contributed by atoms with Gasteiger partial charge in [-0.2, -0.15) is 0 Å². The molecule has 20 heavy (non-hydrogen) atoms. The molecule has 0 unspecified atom stereocenters. The van der Waals surface area contributed by atoms with E-state index < -0.39 is 0 Å². The number of hydrogen-bond acceptors (Lipinski definition) is 2. The molecular formula is C16H14BrClO2. The molecule has 2 nitrogen and oxygen atoms in total. The molecule has 2 aromatic rings. The van der Waals surface area contributed by atoms with E-state index in [2.05, 4.69) is 15.9 Å². The van der Waals surface area contributed by atoms with Gasteiger partial charge in [0, 0.05) is 17.0 Å². The fourth-order valence-electron chi connectivity index (χ4n) is 1.87. The maximum absolute atomic E-state index is 12.2. The molecule has 0 atom stereocenters. The Kier molecular flexibility index (Phi) is 4.84. The van der Waals surface area contributed by atoms with Gasteiger partial charge in [0.15, 0.2) is 5.78 Å². The Bertz CT molecular complexity index is 653. The quantitative estimate of drug-likeness (QED) is 0.735. The van der Waals surface area contributed by atoms with Gasteiger partial charge in [-0.1, -0.05) is 29.8 Å². The van der Waals surface area contributed by atoms with E-state index >= 15 is 0 Å². The summed E-state index contributed by atoms with van der Waals surface area (Å²) in [4.78, 5) is 12.2. The monoisotopic (exact) mass is 352 g/mol. The summed E-state index contributed by atoms with van der Waals surface area (Å²) < 4.78 is 6.01. The minimum atomic E-state index is 0.0453. The van der Waals surface area contributed by atoms with Crippen molar-refractivity contribution in [2.75, 3.05) is 7.11 Å². The van der Waals surface area contributed by atoms with Crippen LogP contribution in [0.25, 0.3) is 0 Å². The molecule has 2 aromatic carbocycles. The molecule has 0 aliphatic rings. The van der Waals surface area contributed by atoms with Gasteiger partial charge in [-0.3, -0.25) is 4.79 Å². The third kappa shape index (κ3) is 3.41. The number of methoxy groups -OCH3 is 1. The highest BCUT2D eigenvalue weighted by Gasteiger charge is 2.10. The normalized spacial score (nSPS) is 10.4. The molecule has 0 amide bonds. The van der Waals surface area contributed by atoms with E-state index in [-0.39, 0.29) is 5.78 Å². The van der Waals surface area contributed by atoms with Gasteiger partial charge in [0.2, 0.25) is 0 Å². The van der Waals surface area contributed by atoms with E-state index in [0.29, 0.717) is 17.0 Å². The van der Waals surface area contributed by atoms with Crippen LogP contribution >= 0.6 is 27.5 Å². The largest absolute Gasteiger partial charge is 0.496 e. The third-order valence-corrected chi connectivity index (χ3v) is 4.10. The Balaban J connectivity index is 2.19. The molecule has 4 heteroatoms. The fourth-order valence-corrected chi connectivity index (χ4v) is 2.64. The highest BCUT2D eigenvalue weighted by molar-refractivity contribution is 9.10. The lowest BCUT2D eigenvalue weighted by Gasteiger charge is -2.07. The van der Waals surface area contributed by atoms with Crippen LogP contribution in [0.1, 0.15) is 21.5 Å². The van der Waals surface area contributed by atoms with Gasteiger partial charge in [-0.05, 0) is 52.2 Å². The zero-order valence-corrected chi connectivity index (χ0v) is 13.6. The first-order valence-electron chi connectivity index (χ1n) is 6.13. The first-order chi connectivity index (χ1) is 9.51. The van der Waals surface area contributed by atoms with E-state index in [9.17, 15) is 4.79 Å². The zero-order chi connectivity index (χ0) is 14.7. The summed E-state index contributed by atoms with van der Waals surface area (Å²) in [5, 5.41) is 0.617. The number of rotatable bonds is 4. The smallest absolute Gasteiger partial charge is 0.167 e. The van der Waals surface area contributed by atoms with Gasteiger partial charge in [0.25, 0.3) is 0 Å². The summed E-state index contributed by atoms with van der Waals surface area (Å²) in [6.45, 7) is 1.91. The van der Waals surface area contributed by atoms with Gasteiger partial charge in [-0.15, -0.1) is 0 Å². The van der Waals surface area contributed by atoms with Crippen LogP contribution in [0.2, 0.25) is 5.02 Å². The molecule has 0 spiro atoms. The lowest BCUT2D eigenvalue weighted by atomic mass is 10.0. The van der Waals surface area contributed by atoms with E-state index in [0.717, 1.165) is 21.3 Å². The Labute approximate surface area is 131 Å². The van der Waals surface area contributed by atoms with Crippen LogP contribution in [0.15, 0.2) is 40.9 Å². The molecule has 0 aliphatic carbocycles.